The van der Waals surface area contributed by atoms with E-state index in [4.69, 9.17) is 4.52 Å². The van der Waals surface area contributed by atoms with Crippen LogP contribution in [0.3, 0.4) is 0 Å². The molecule has 1 aliphatic rings. The molecule has 21 heavy (non-hydrogen) atoms. The van der Waals surface area contributed by atoms with Crippen molar-refractivity contribution in [3.63, 3.8) is 0 Å². The fourth-order valence-corrected chi connectivity index (χ4v) is 2.37. The molecule has 0 radical (unpaired) electrons. The van der Waals surface area contributed by atoms with Crippen LogP contribution < -0.4 is 5.32 Å². The molecule has 6 nitrogen and oxygen atoms in total. The van der Waals surface area contributed by atoms with Crippen molar-refractivity contribution in [1.29, 1.82) is 0 Å². The van der Waals surface area contributed by atoms with Gasteiger partial charge in [0.25, 0.3) is 5.89 Å². The van der Waals surface area contributed by atoms with E-state index < -0.39 is 0 Å². The predicted octanol–water partition coefficient (Wildman–Crippen LogP) is 2.11. The van der Waals surface area contributed by atoms with Crippen molar-refractivity contribution in [3.05, 3.63) is 47.3 Å². The van der Waals surface area contributed by atoms with Crippen molar-refractivity contribution in [2.45, 2.75) is 20.0 Å². The first-order chi connectivity index (χ1) is 10.3. The predicted molar refractivity (Wildman–Crippen MR) is 76.0 cm³/mol. The Labute approximate surface area is 121 Å². The number of aryl methyl sites for hydroxylation is 1. The number of hydrogen-bond donors (Lipinski definition) is 1. The molecule has 4 rings (SSSR count). The molecule has 0 fully saturated rings. The quantitative estimate of drug-likeness (QED) is 0.774. The lowest BCUT2D eigenvalue weighted by molar-refractivity contribution is 0.432. The highest BCUT2D eigenvalue weighted by molar-refractivity contribution is 5.58. The van der Waals surface area contributed by atoms with Gasteiger partial charge in [-0.15, -0.1) is 0 Å². The lowest BCUT2D eigenvalue weighted by atomic mass is 10.1. The van der Waals surface area contributed by atoms with Crippen molar-refractivity contribution in [1.82, 2.24) is 25.4 Å². The second kappa shape index (κ2) is 4.75. The van der Waals surface area contributed by atoms with Crippen molar-refractivity contribution < 1.29 is 4.52 Å². The molecule has 0 unspecified atom stereocenters. The summed E-state index contributed by atoms with van der Waals surface area (Å²) >= 11 is 0. The zero-order chi connectivity index (χ0) is 14.2. The highest BCUT2D eigenvalue weighted by Crippen LogP contribution is 2.25. The van der Waals surface area contributed by atoms with Gasteiger partial charge < -0.3 is 9.84 Å². The smallest absolute Gasteiger partial charge is 0.258 e. The van der Waals surface area contributed by atoms with Crippen LogP contribution in [0.4, 0.5) is 0 Å². The third-order valence-electron chi connectivity index (χ3n) is 3.49. The molecular weight excluding hydrogens is 266 g/mol. The average molecular weight is 279 g/mol. The Bertz CT molecular complexity index is 794. The van der Waals surface area contributed by atoms with Crippen LogP contribution in [0.5, 0.6) is 0 Å². The monoisotopic (exact) mass is 279 g/mol. The Morgan fingerprint density at radius 3 is 2.71 bits per heavy atom. The Balaban J connectivity index is 1.69. The summed E-state index contributed by atoms with van der Waals surface area (Å²) in [6.07, 6.45) is 3.47. The van der Waals surface area contributed by atoms with Gasteiger partial charge in [-0.3, -0.25) is 0 Å². The van der Waals surface area contributed by atoms with E-state index in [0.717, 1.165) is 24.2 Å². The molecule has 1 N–H and O–H groups in total. The third kappa shape index (κ3) is 2.19. The van der Waals surface area contributed by atoms with Crippen molar-refractivity contribution in [3.8, 4) is 23.1 Å². The average Bonchev–Trinajstić information content (AvgIpc) is 3.16. The summed E-state index contributed by atoms with van der Waals surface area (Å²) < 4.78 is 5.33. The molecule has 0 bridgehead atoms. The van der Waals surface area contributed by atoms with Gasteiger partial charge in [-0.05, 0) is 35.7 Å². The van der Waals surface area contributed by atoms with Crippen molar-refractivity contribution in [2.24, 2.45) is 0 Å². The summed E-state index contributed by atoms with van der Waals surface area (Å²) in [4.78, 5) is 12.8. The first-order valence-corrected chi connectivity index (χ1v) is 6.75. The third-order valence-corrected chi connectivity index (χ3v) is 3.49. The lowest BCUT2D eigenvalue weighted by Crippen LogP contribution is -1.99. The fourth-order valence-electron chi connectivity index (χ4n) is 2.37. The number of hydrogen-bond acceptors (Lipinski definition) is 6. The van der Waals surface area contributed by atoms with Gasteiger partial charge in [-0.25, -0.2) is 9.97 Å². The molecular formula is C15H13N5O. The number of fused-ring (bicyclic) bond motifs is 1. The number of rotatable bonds is 2. The van der Waals surface area contributed by atoms with E-state index in [2.05, 4.69) is 37.6 Å². The van der Waals surface area contributed by atoms with Crippen LogP contribution in [-0.4, -0.2) is 20.1 Å². The van der Waals surface area contributed by atoms with Gasteiger partial charge in [-0.1, -0.05) is 11.2 Å². The standard InChI is InChI=1S/C15H13N5O/c1-9-5-17-13(18-6-9)14-19-15(21-20-14)10-2-3-11-7-16-8-12(11)4-10/h2-6,16H,7-8H2,1H3. The van der Waals surface area contributed by atoms with Crippen LogP contribution in [0.2, 0.25) is 0 Å². The maximum atomic E-state index is 5.33. The number of nitrogens with zero attached hydrogens (tertiary/aromatic N) is 4. The zero-order valence-electron chi connectivity index (χ0n) is 11.5. The zero-order valence-corrected chi connectivity index (χ0v) is 11.5. The summed E-state index contributed by atoms with van der Waals surface area (Å²) in [5.41, 5.74) is 4.51. The second-order valence-electron chi connectivity index (χ2n) is 5.09. The molecule has 0 amide bonds. The van der Waals surface area contributed by atoms with Crippen LogP contribution in [0.1, 0.15) is 16.7 Å². The topological polar surface area (TPSA) is 76.7 Å². The number of aromatic nitrogens is 4. The second-order valence-corrected chi connectivity index (χ2v) is 5.09. The van der Waals surface area contributed by atoms with Crippen LogP contribution in [0, 0.1) is 6.92 Å². The summed E-state index contributed by atoms with van der Waals surface area (Å²) in [5, 5.41) is 7.28. The molecule has 104 valence electrons. The molecule has 0 aliphatic carbocycles. The molecule has 3 aromatic rings. The molecule has 0 saturated carbocycles. The fraction of sp³-hybridized carbons (Fsp3) is 0.200. The van der Waals surface area contributed by atoms with Gasteiger partial charge in [0.2, 0.25) is 11.6 Å². The van der Waals surface area contributed by atoms with E-state index in [9.17, 15) is 0 Å². The summed E-state index contributed by atoms with van der Waals surface area (Å²) in [6, 6.07) is 6.18. The van der Waals surface area contributed by atoms with Gasteiger partial charge in [0.15, 0.2) is 0 Å². The van der Waals surface area contributed by atoms with Crippen LogP contribution >= 0.6 is 0 Å². The molecule has 0 atom stereocenters. The maximum Gasteiger partial charge on any atom is 0.258 e. The van der Waals surface area contributed by atoms with Crippen molar-refractivity contribution >= 4 is 0 Å². The Morgan fingerprint density at radius 1 is 1.05 bits per heavy atom. The molecule has 0 spiro atoms. The van der Waals surface area contributed by atoms with Crippen LogP contribution in [0.15, 0.2) is 35.1 Å². The van der Waals surface area contributed by atoms with Gasteiger partial charge in [0.05, 0.1) is 0 Å². The Hall–Kier alpha value is -2.60. The largest absolute Gasteiger partial charge is 0.333 e. The number of nitrogens with one attached hydrogen (secondary N) is 1. The van der Waals surface area contributed by atoms with E-state index in [1.165, 1.54) is 11.1 Å². The summed E-state index contributed by atoms with van der Waals surface area (Å²) in [5.74, 6) is 1.37. The highest BCUT2D eigenvalue weighted by Gasteiger charge is 2.16. The van der Waals surface area contributed by atoms with E-state index in [1.807, 2.05) is 13.0 Å². The van der Waals surface area contributed by atoms with E-state index in [0.29, 0.717) is 17.5 Å². The maximum absolute atomic E-state index is 5.33. The molecule has 6 heteroatoms. The van der Waals surface area contributed by atoms with Gasteiger partial charge >= 0.3 is 0 Å². The van der Waals surface area contributed by atoms with E-state index in [1.54, 1.807) is 12.4 Å². The SMILES string of the molecule is Cc1cnc(-c2noc(-c3ccc4c(c3)CNC4)n2)nc1. The molecule has 2 aromatic heterocycles. The first kappa shape index (κ1) is 12.2. The molecule has 0 saturated heterocycles. The van der Waals surface area contributed by atoms with E-state index in [-0.39, 0.29) is 0 Å². The number of benzene rings is 1. The minimum atomic E-state index is 0.406. The Morgan fingerprint density at radius 2 is 1.86 bits per heavy atom. The lowest BCUT2D eigenvalue weighted by Gasteiger charge is -1.99. The summed E-state index contributed by atoms with van der Waals surface area (Å²) in [7, 11) is 0. The van der Waals surface area contributed by atoms with Crippen LogP contribution in [-0.2, 0) is 13.1 Å². The molecule has 1 aromatic carbocycles. The van der Waals surface area contributed by atoms with Crippen molar-refractivity contribution in [2.75, 3.05) is 0 Å². The molecule has 3 heterocycles. The summed E-state index contributed by atoms with van der Waals surface area (Å²) in [6.45, 7) is 3.73. The minimum Gasteiger partial charge on any atom is -0.333 e. The minimum absolute atomic E-state index is 0.406. The van der Waals surface area contributed by atoms with Crippen LogP contribution in [0.25, 0.3) is 23.1 Å². The van der Waals surface area contributed by atoms with Gasteiger partial charge in [0.1, 0.15) is 0 Å². The normalized spacial score (nSPS) is 13.4. The Kier molecular flexibility index (Phi) is 2.75. The highest BCUT2D eigenvalue weighted by atomic mass is 16.5. The molecule has 1 aliphatic heterocycles. The van der Waals surface area contributed by atoms with E-state index >= 15 is 0 Å². The van der Waals surface area contributed by atoms with Gasteiger partial charge in [0, 0.05) is 31.0 Å². The first-order valence-electron chi connectivity index (χ1n) is 6.75. The van der Waals surface area contributed by atoms with Gasteiger partial charge in [-0.2, -0.15) is 4.98 Å².